The summed E-state index contributed by atoms with van der Waals surface area (Å²) in [6, 6.07) is 0. The summed E-state index contributed by atoms with van der Waals surface area (Å²) in [5.41, 5.74) is 6.69. The highest BCUT2D eigenvalue weighted by molar-refractivity contribution is 5.54. The van der Waals surface area contributed by atoms with Crippen molar-refractivity contribution in [3.05, 3.63) is 29.6 Å². The van der Waals surface area contributed by atoms with E-state index < -0.39 is 0 Å². The van der Waals surface area contributed by atoms with E-state index in [1.54, 1.807) is 6.20 Å². The van der Waals surface area contributed by atoms with Crippen LogP contribution in [0.2, 0.25) is 0 Å². The number of nitrogens with zero attached hydrogens (tertiary/aromatic N) is 4. The molecule has 2 aromatic heterocycles. The first-order chi connectivity index (χ1) is 8.58. The molecule has 0 unspecified atom stereocenters. The topological polar surface area (TPSA) is 81.6 Å². The van der Waals surface area contributed by atoms with E-state index >= 15 is 0 Å². The van der Waals surface area contributed by atoms with Gasteiger partial charge in [-0.25, -0.2) is 15.0 Å². The van der Waals surface area contributed by atoms with Crippen LogP contribution in [0, 0.1) is 13.8 Å². The van der Waals surface area contributed by atoms with Crippen molar-refractivity contribution in [3.63, 3.8) is 0 Å². The highest BCUT2D eigenvalue weighted by atomic mass is 15.1. The van der Waals surface area contributed by atoms with Crippen LogP contribution in [0.3, 0.4) is 0 Å². The zero-order valence-corrected chi connectivity index (χ0v) is 10.9. The molecule has 6 nitrogen and oxygen atoms in total. The van der Waals surface area contributed by atoms with E-state index in [1.807, 2.05) is 31.7 Å². The van der Waals surface area contributed by atoms with Crippen molar-refractivity contribution in [1.82, 2.24) is 19.5 Å². The lowest BCUT2D eigenvalue weighted by atomic mass is 10.3. The molecule has 96 valence electrons. The Morgan fingerprint density at radius 2 is 2.11 bits per heavy atom. The van der Waals surface area contributed by atoms with Crippen LogP contribution in [-0.4, -0.2) is 26.1 Å². The largest absolute Gasteiger partial charge is 0.383 e. The van der Waals surface area contributed by atoms with E-state index in [1.165, 1.54) is 0 Å². The van der Waals surface area contributed by atoms with Crippen molar-refractivity contribution in [1.29, 1.82) is 0 Å². The maximum absolute atomic E-state index is 5.80. The fourth-order valence-corrected chi connectivity index (χ4v) is 1.75. The number of aromatic nitrogens is 4. The van der Waals surface area contributed by atoms with Gasteiger partial charge in [0, 0.05) is 38.0 Å². The van der Waals surface area contributed by atoms with Crippen molar-refractivity contribution in [2.45, 2.75) is 20.3 Å². The lowest BCUT2D eigenvalue weighted by molar-refractivity contribution is 0.787. The summed E-state index contributed by atoms with van der Waals surface area (Å²) in [5.74, 6) is 3.05. The van der Waals surface area contributed by atoms with E-state index in [2.05, 4.69) is 20.3 Å². The Hall–Kier alpha value is -2.11. The van der Waals surface area contributed by atoms with Gasteiger partial charge in [0.25, 0.3) is 0 Å². The van der Waals surface area contributed by atoms with Crippen molar-refractivity contribution in [2.24, 2.45) is 7.05 Å². The second kappa shape index (κ2) is 5.03. The van der Waals surface area contributed by atoms with Crippen LogP contribution < -0.4 is 11.1 Å². The summed E-state index contributed by atoms with van der Waals surface area (Å²) in [6.45, 7) is 4.51. The van der Waals surface area contributed by atoms with Gasteiger partial charge < -0.3 is 15.6 Å². The number of imidazole rings is 1. The van der Waals surface area contributed by atoms with Gasteiger partial charge in [0.05, 0.1) is 0 Å². The van der Waals surface area contributed by atoms with Crippen LogP contribution in [0.5, 0.6) is 0 Å². The summed E-state index contributed by atoms with van der Waals surface area (Å²) in [4.78, 5) is 12.7. The molecule has 0 fully saturated rings. The Labute approximate surface area is 106 Å². The van der Waals surface area contributed by atoms with Crippen LogP contribution in [0.15, 0.2) is 12.4 Å². The van der Waals surface area contributed by atoms with Crippen molar-refractivity contribution < 1.29 is 0 Å². The van der Waals surface area contributed by atoms with Crippen LogP contribution in [-0.2, 0) is 13.5 Å². The predicted molar refractivity (Wildman–Crippen MR) is 71.3 cm³/mol. The second-order valence-corrected chi connectivity index (χ2v) is 4.26. The van der Waals surface area contributed by atoms with Gasteiger partial charge in [0.1, 0.15) is 23.3 Å². The molecule has 0 amide bonds. The third-order valence-corrected chi connectivity index (χ3v) is 2.86. The van der Waals surface area contributed by atoms with Crippen molar-refractivity contribution >= 4 is 11.6 Å². The summed E-state index contributed by atoms with van der Waals surface area (Å²) in [7, 11) is 1.99. The minimum atomic E-state index is 0.530. The van der Waals surface area contributed by atoms with E-state index in [4.69, 9.17) is 5.73 Å². The van der Waals surface area contributed by atoms with Crippen LogP contribution in [0.1, 0.15) is 17.2 Å². The standard InChI is InChI=1S/C12H18N6/c1-8-11(13)16-9(2)17-12(8)15-5-4-10-14-6-7-18(10)3/h6-7H,4-5H2,1-3H3,(H3,13,15,16,17). The van der Waals surface area contributed by atoms with Crippen LogP contribution >= 0.6 is 0 Å². The normalized spacial score (nSPS) is 10.6. The smallest absolute Gasteiger partial charge is 0.134 e. The van der Waals surface area contributed by atoms with Gasteiger partial charge in [0.2, 0.25) is 0 Å². The van der Waals surface area contributed by atoms with E-state index in [-0.39, 0.29) is 0 Å². The highest BCUT2D eigenvalue weighted by Gasteiger charge is 2.06. The molecule has 3 N–H and O–H groups in total. The van der Waals surface area contributed by atoms with Crippen LogP contribution in [0.4, 0.5) is 11.6 Å². The molecular formula is C12H18N6. The average molecular weight is 246 g/mol. The lowest BCUT2D eigenvalue weighted by Crippen LogP contribution is -2.12. The predicted octanol–water partition coefficient (Wildman–Crippen LogP) is 1.06. The molecule has 0 spiro atoms. The molecule has 0 bridgehead atoms. The van der Waals surface area contributed by atoms with Gasteiger partial charge in [-0.15, -0.1) is 0 Å². The quantitative estimate of drug-likeness (QED) is 0.843. The minimum absolute atomic E-state index is 0.530. The average Bonchev–Trinajstić information content (AvgIpc) is 2.71. The molecule has 6 heteroatoms. The number of nitrogens with two attached hydrogens (primary N) is 1. The Morgan fingerprint density at radius 1 is 1.33 bits per heavy atom. The molecule has 0 aliphatic carbocycles. The number of nitrogens with one attached hydrogen (secondary N) is 1. The first-order valence-corrected chi connectivity index (χ1v) is 5.88. The molecular weight excluding hydrogens is 228 g/mol. The molecule has 2 aromatic rings. The SMILES string of the molecule is Cc1nc(N)c(C)c(NCCc2nccn2C)n1. The Kier molecular flexibility index (Phi) is 3.45. The molecule has 0 radical (unpaired) electrons. The maximum Gasteiger partial charge on any atom is 0.134 e. The molecule has 0 aromatic carbocycles. The van der Waals surface area contributed by atoms with Gasteiger partial charge >= 0.3 is 0 Å². The van der Waals surface area contributed by atoms with Gasteiger partial charge in [-0.1, -0.05) is 0 Å². The Balaban J connectivity index is 2.01. The molecule has 2 rings (SSSR count). The third-order valence-electron chi connectivity index (χ3n) is 2.86. The first-order valence-electron chi connectivity index (χ1n) is 5.88. The van der Waals surface area contributed by atoms with Gasteiger partial charge in [-0.2, -0.15) is 0 Å². The fourth-order valence-electron chi connectivity index (χ4n) is 1.75. The van der Waals surface area contributed by atoms with Gasteiger partial charge in [-0.3, -0.25) is 0 Å². The zero-order chi connectivity index (χ0) is 13.1. The first kappa shape index (κ1) is 12.3. The van der Waals surface area contributed by atoms with E-state index in [0.717, 1.165) is 30.2 Å². The van der Waals surface area contributed by atoms with Gasteiger partial charge in [-0.05, 0) is 13.8 Å². The molecule has 0 aliphatic rings. The molecule has 0 aliphatic heterocycles. The summed E-state index contributed by atoms with van der Waals surface area (Å²) in [5, 5.41) is 3.28. The number of hydrogen-bond donors (Lipinski definition) is 2. The number of anilines is 2. The van der Waals surface area contributed by atoms with E-state index in [0.29, 0.717) is 11.6 Å². The summed E-state index contributed by atoms with van der Waals surface area (Å²) in [6.07, 6.45) is 4.58. The van der Waals surface area contributed by atoms with Crippen molar-refractivity contribution in [3.8, 4) is 0 Å². The van der Waals surface area contributed by atoms with Gasteiger partial charge in [0.15, 0.2) is 0 Å². The van der Waals surface area contributed by atoms with Crippen molar-refractivity contribution in [2.75, 3.05) is 17.6 Å². The third kappa shape index (κ3) is 2.58. The second-order valence-electron chi connectivity index (χ2n) is 4.26. The highest BCUT2D eigenvalue weighted by Crippen LogP contribution is 2.16. The molecule has 0 saturated heterocycles. The maximum atomic E-state index is 5.80. The zero-order valence-electron chi connectivity index (χ0n) is 10.9. The summed E-state index contributed by atoms with van der Waals surface area (Å²) < 4.78 is 2.01. The van der Waals surface area contributed by atoms with Crippen LogP contribution in [0.25, 0.3) is 0 Å². The number of nitrogen functional groups attached to an aromatic ring is 1. The molecule has 0 saturated carbocycles. The monoisotopic (exact) mass is 246 g/mol. The molecule has 18 heavy (non-hydrogen) atoms. The number of aryl methyl sites for hydroxylation is 2. The number of hydrogen-bond acceptors (Lipinski definition) is 5. The minimum Gasteiger partial charge on any atom is -0.383 e. The van der Waals surface area contributed by atoms with E-state index in [9.17, 15) is 0 Å². The molecule has 0 atom stereocenters. The Bertz CT molecular complexity index is 545. The fraction of sp³-hybridized carbons (Fsp3) is 0.417. The number of rotatable bonds is 4. The Morgan fingerprint density at radius 3 is 2.78 bits per heavy atom. The molecule has 2 heterocycles. The summed E-state index contributed by atoms with van der Waals surface area (Å²) >= 11 is 0. The lowest BCUT2D eigenvalue weighted by Gasteiger charge is -2.10.